The average Bonchev–Trinajstić information content (AvgIpc) is 3.62. The maximum absolute atomic E-state index is 12.7. The molecule has 0 atom stereocenters. The number of hydrogen-bond donors (Lipinski definition) is 2. The topological polar surface area (TPSA) is 97.4 Å². The fourth-order valence-electron chi connectivity index (χ4n) is 4.02. The van der Waals surface area contributed by atoms with Crippen molar-refractivity contribution in [2.24, 2.45) is 0 Å². The van der Waals surface area contributed by atoms with Crippen molar-refractivity contribution in [2.75, 3.05) is 10.6 Å². The predicted octanol–water partition coefficient (Wildman–Crippen LogP) is 7.91. The molecule has 0 unspecified atom stereocenters. The quantitative estimate of drug-likeness (QED) is 0.227. The van der Waals surface area contributed by atoms with Gasteiger partial charge < -0.3 is 19.5 Å². The van der Waals surface area contributed by atoms with E-state index in [0.717, 1.165) is 22.2 Å². The van der Waals surface area contributed by atoms with Gasteiger partial charge in [-0.05, 0) is 97.1 Å². The normalized spacial score (nSPS) is 10.9. The summed E-state index contributed by atoms with van der Waals surface area (Å²) in [6.45, 7) is 0. The predicted molar refractivity (Wildman–Crippen MR) is 151 cm³/mol. The van der Waals surface area contributed by atoms with E-state index in [1.54, 1.807) is 60.7 Å². The van der Waals surface area contributed by atoms with E-state index >= 15 is 0 Å². The summed E-state index contributed by atoms with van der Waals surface area (Å²) < 4.78 is 11.5. The molecule has 2 heterocycles. The molecule has 0 aliphatic rings. The molecule has 4 aromatic carbocycles. The van der Waals surface area contributed by atoms with Crippen LogP contribution in [0.2, 0.25) is 5.02 Å². The lowest BCUT2D eigenvalue weighted by molar-refractivity contribution is 0.0996. The first kappa shape index (κ1) is 24.2. The molecule has 39 heavy (non-hydrogen) atoms. The van der Waals surface area contributed by atoms with Crippen LogP contribution in [-0.4, -0.2) is 16.8 Å². The van der Waals surface area contributed by atoms with Crippen LogP contribution in [0, 0.1) is 0 Å². The van der Waals surface area contributed by atoms with E-state index in [0.29, 0.717) is 33.6 Å². The van der Waals surface area contributed by atoms with Crippen molar-refractivity contribution >= 4 is 45.9 Å². The number of oxazole rings is 1. The number of nitrogens with one attached hydrogen (secondary N) is 2. The van der Waals surface area contributed by atoms with Crippen molar-refractivity contribution in [3.8, 4) is 22.8 Å². The zero-order valence-electron chi connectivity index (χ0n) is 20.4. The van der Waals surface area contributed by atoms with E-state index in [-0.39, 0.29) is 11.7 Å². The SMILES string of the molecule is O=C(Nc1ccc(-c2nc3ccccc3o2)cc1)c1ccc(NC(=O)c2ccc(-c3ccc(Cl)cc3)o2)cc1. The van der Waals surface area contributed by atoms with Crippen LogP contribution in [-0.2, 0) is 0 Å². The lowest BCUT2D eigenvalue weighted by Gasteiger charge is -2.07. The molecule has 6 rings (SSSR count). The summed E-state index contributed by atoms with van der Waals surface area (Å²) in [5.74, 6) is 0.573. The second-order valence-electron chi connectivity index (χ2n) is 8.72. The zero-order valence-corrected chi connectivity index (χ0v) is 21.1. The number of hydrogen-bond acceptors (Lipinski definition) is 5. The number of halogens is 1. The first-order chi connectivity index (χ1) is 19.0. The Labute approximate surface area is 228 Å². The third-order valence-electron chi connectivity index (χ3n) is 6.05. The summed E-state index contributed by atoms with van der Waals surface area (Å²) in [7, 11) is 0. The van der Waals surface area contributed by atoms with Crippen LogP contribution >= 0.6 is 11.6 Å². The Kier molecular flexibility index (Phi) is 6.40. The summed E-state index contributed by atoms with van der Waals surface area (Å²) in [5, 5.41) is 6.27. The van der Waals surface area contributed by atoms with Gasteiger partial charge >= 0.3 is 0 Å². The Hall–Kier alpha value is -5.14. The minimum Gasteiger partial charge on any atom is -0.451 e. The number of carbonyl (C=O) groups excluding carboxylic acids is 2. The maximum Gasteiger partial charge on any atom is 0.291 e. The van der Waals surface area contributed by atoms with Crippen molar-refractivity contribution in [1.82, 2.24) is 4.98 Å². The van der Waals surface area contributed by atoms with Gasteiger partial charge in [-0.1, -0.05) is 23.7 Å². The third-order valence-corrected chi connectivity index (χ3v) is 6.30. The highest BCUT2D eigenvalue weighted by Crippen LogP contribution is 2.26. The highest BCUT2D eigenvalue weighted by molar-refractivity contribution is 6.30. The number of fused-ring (bicyclic) bond motifs is 1. The summed E-state index contributed by atoms with van der Waals surface area (Å²) in [6, 6.07) is 31.9. The monoisotopic (exact) mass is 533 g/mol. The summed E-state index contributed by atoms with van der Waals surface area (Å²) in [4.78, 5) is 29.9. The first-order valence-electron chi connectivity index (χ1n) is 12.1. The van der Waals surface area contributed by atoms with E-state index in [4.69, 9.17) is 20.4 Å². The minimum absolute atomic E-state index is 0.170. The molecule has 8 heteroatoms. The number of benzene rings is 4. The van der Waals surface area contributed by atoms with Crippen LogP contribution in [0.4, 0.5) is 11.4 Å². The highest BCUT2D eigenvalue weighted by Gasteiger charge is 2.14. The number of rotatable bonds is 6. The van der Waals surface area contributed by atoms with Gasteiger partial charge in [0.1, 0.15) is 11.3 Å². The second kappa shape index (κ2) is 10.3. The fourth-order valence-corrected chi connectivity index (χ4v) is 4.15. The number of carbonyl (C=O) groups is 2. The lowest BCUT2D eigenvalue weighted by atomic mass is 10.1. The van der Waals surface area contributed by atoms with Gasteiger partial charge in [0.15, 0.2) is 11.3 Å². The molecule has 0 aliphatic heterocycles. The Morgan fingerprint density at radius 1 is 0.641 bits per heavy atom. The third kappa shape index (κ3) is 5.30. The van der Waals surface area contributed by atoms with Gasteiger partial charge in [0, 0.05) is 33.1 Å². The van der Waals surface area contributed by atoms with Crippen LogP contribution in [0.5, 0.6) is 0 Å². The van der Waals surface area contributed by atoms with Crippen LogP contribution < -0.4 is 10.6 Å². The maximum atomic E-state index is 12.7. The fraction of sp³-hybridized carbons (Fsp3) is 0. The van der Waals surface area contributed by atoms with Gasteiger partial charge in [-0.2, -0.15) is 0 Å². The van der Waals surface area contributed by atoms with Crippen molar-refractivity contribution in [1.29, 1.82) is 0 Å². The van der Waals surface area contributed by atoms with E-state index in [2.05, 4.69) is 15.6 Å². The lowest BCUT2D eigenvalue weighted by Crippen LogP contribution is -2.13. The van der Waals surface area contributed by atoms with Crippen LogP contribution in [0.15, 0.2) is 118 Å². The number of furan rings is 1. The molecule has 2 N–H and O–H groups in total. The van der Waals surface area contributed by atoms with E-state index in [1.807, 2.05) is 48.5 Å². The smallest absolute Gasteiger partial charge is 0.291 e. The molecule has 0 saturated heterocycles. The Balaban J connectivity index is 1.07. The standard InChI is InChI=1S/C31H20ClN3O4/c32-22-11-5-19(6-12-22)26-17-18-28(38-26)30(37)34-24-13-7-20(8-14-24)29(36)33-23-15-9-21(10-16-23)31-35-25-3-1-2-4-27(25)39-31/h1-18H,(H,33,36)(H,34,37). The Bertz CT molecular complexity index is 1750. The van der Waals surface area contributed by atoms with E-state index in [1.165, 1.54) is 0 Å². The number of aromatic nitrogens is 1. The van der Waals surface area contributed by atoms with Gasteiger partial charge in [-0.25, -0.2) is 4.98 Å². The van der Waals surface area contributed by atoms with Gasteiger partial charge in [0.2, 0.25) is 5.89 Å². The first-order valence-corrected chi connectivity index (χ1v) is 12.4. The molecule has 0 bridgehead atoms. The van der Waals surface area contributed by atoms with Gasteiger partial charge in [-0.3, -0.25) is 9.59 Å². The average molecular weight is 534 g/mol. The van der Waals surface area contributed by atoms with Crippen LogP contribution in [0.1, 0.15) is 20.9 Å². The molecule has 6 aromatic rings. The summed E-state index contributed by atoms with van der Waals surface area (Å²) in [5.41, 5.74) is 4.73. The molecule has 0 spiro atoms. The highest BCUT2D eigenvalue weighted by atomic mass is 35.5. The molecule has 7 nitrogen and oxygen atoms in total. The van der Waals surface area contributed by atoms with Crippen LogP contribution in [0.25, 0.3) is 33.9 Å². The molecule has 0 fully saturated rings. The summed E-state index contributed by atoms with van der Waals surface area (Å²) in [6.07, 6.45) is 0. The molecule has 2 amide bonds. The Morgan fingerprint density at radius 2 is 1.28 bits per heavy atom. The molecule has 2 aromatic heterocycles. The molecular formula is C31H20ClN3O4. The van der Waals surface area contributed by atoms with Crippen molar-refractivity contribution < 1.29 is 18.4 Å². The molecule has 0 radical (unpaired) electrons. The number of amides is 2. The van der Waals surface area contributed by atoms with Crippen molar-refractivity contribution in [3.05, 3.63) is 126 Å². The Morgan fingerprint density at radius 3 is 2.00 bits per heavy atom. The molecular weight excluding hydrogens is 514 g/mol. The number of anilines is 2. The van der Waals surface area contributed by atoms with Crippen LogP contribution in [0.3, 0.4) is 0 Å². The summed E-state index contributed by atoms with van der Waals surface area (Å²) >= 11 is 5.93. The minimum atomic E-state index is -0.397. The molecule has 0 aliphatic carbocycles. The largest absolute Gasteiger partial charge is 0.451 e. The number of para-hydroxylation sites is 2. The van der Waals surface area contributed by atoms with Gasteiger partial charge in [0.25, 0.3) is 11.8 Å². The van der Waals surface area contributed by atoms with Crippen molar-refractivity contribution in [3.63, 3.8) is 0 Å². The molecule has 190 valence electrons. The number of nitrogens with zero attached hydrogens (tertiary/aromatic N) is 1. The van der Waals surface area contributed by atoms with E-state index in [9.17, 15) is 9.59 Å². The van der Waals surface area contributed by atoms with Gasteiger partial charge in [-0.15, -0.1) is 0 Å². The zero-order chi connectivity index (χ0) is 26.8. The van der Waals surface area contributed by atoms with Gasteiger partial charge in [0.05, 0.1) is 0 Å². The molecule has 0 saturated carbocycles. The second-order valence-corrected chi connectivity index (χ2v) is 9.16. The van der Waals surface area contributed by atoms with E-state index < -0.39 is 5.91 Å². The van der Waals surface area contributed by atoms with Crippen molar-refractivity contribution in [2.45, 2.75) is 0 Å².